The number of ether oxygens (including phenoxy) is 1. The SMILES string of the molecule is CCCC1OC[C@]2(CO)C(C)C=C(C)[C@H]1C2C. The summed E-state index contributed by atoms with van der Waals surface area (Å²) in [7, 11) is 0. The van der Waals surface area contributed by atoms with Crippen molar-refractivity contribution >= 4 is 0 Å². The van der Waals surface area contributed by atoms with Gasteiger partial charge in [0.2, 0.25) is 0 Å². The van der Waals surface area contributed by atoms with E-state index < -0.39 is 0 Å². The summed E-state index contributed by atoms with van der Waals surface area (Å²) in [6, 6.07) is 0. The Balaban J connectivity index is 2.34. The number of allylic oxidation sites excluding steroid dienone is 1. The summed E-state index contributed by atoms with van der Waals surface area (Å²) in [5, 5.41) is 9.83. The van der Waals surface area contributed by atoms with Crippen molar-refractivity contribution in [1.82, 2.24) is 0 Å². The van der Waals surface area contributed by atoms with Gasteiger partial charge in [-0.2, -0.15) is 0 Å². The standard InChI is InChI=1S/C15H26O2/c1-5-6-13-14-10(2)7-11(3)15(8-16,9-17-13)12(14)4/h7,11-14,16H,5-6,8-9H2,1-4H3/t11?,12?,13?,14-,15+/m0/s1. The Morgan fingerprint density at radius 2 is 2.18 bits per heavy atom. The van der Waals surface area contributed by atoms with Crippen molar-refractivity contribution in [2.45, 2.75) is 46.6 Å². The maximum atomic E-state index is 9.83. The molecule has 2 rings (SSSR count). The molecule has 5 atom stereocenters. The summed E-state index contributed by atoms with van der Waals surface area (Å²) in [5.41, 5.74) is 1.42. The van der Waals surface area contributed by atoms with Crippen molar-refractivity contribution in [3.05, 3.63) is 11.6 Å². The molecule has 0 radical (unpaired) electrons. The quantitative estimate of drug-likeness (QED) is 0.766. The lowest BCUT2D eigenvalue weighted by Crippen LogP contribution is -2.56. The van der Waals surface area contributed by atoms with Gasteiger partial charge in [-0.3, -0.25) is 0 Å². The van der Waals surface area contributed by atoms with Crippen molar-refractivity contribution in [2.24, 2.45) is 23.2 Å². The lowest BCUT2D eigenvalue weighted by molar-refractivity contribution is -0.164. The van der Waals surface area contributed by atoms with E-state index in [9.17, 15) is 5.11 Å². The van der Waals surface area contributed by atoms with Gasteiger partial charge < -0.3 is 9.84 Å². The molecule has 0 aromatic rings. The first-order valence-electron chi connectivity index (χ1n) is 6.97. The van der Waals surface area contributed by atoms with E-state index in [-0.39, 0.29) is 12.0 Å². The summed E-state index contributed by atoms with van der Waals surface area (Å²) in [5.74, 6) is 1.45. The Kier molecular flexibility index (Phi) is 3.65. The fraction of sp³-hybridized carbons (Fsp3) is 0.867. The molecular weight excluding hydrogens is 212 g/mol. The third-order valence-electron chi connectivity index (χ3n) is 5.23. The molecule has 0 saturated carbocycles. The van der Waals surface area contributed by atoms with Crippen LogP contribution in [-0.4, -0.2) is 24.4 Å². The predicted octanol–water partition coefficient (Wildman–Crippen LogP) is 3.01. The molecule has 3 unspecified atom stereocenters. The summed E-state index contributed by atoms with van der Waals surface area (Å²) in [6.07, 6.45) is 5.03. The molecule has 1 fully saturated rings. The lowest BCUT2D eigenvalue weighted by atomic mass is 9.56. The fourth-order valence-corrected chi connectivity index (χ4v) is 3.96. The molecule has 1 N–H and O–H groups in total. The fourth-order valence-electron chi connectivity index (χ4n) is 3.96. The lowest BCUT2D eigenvalue weighted by Gasteiger charge is -2.55. The first-order valence-corrected chi connectivity index (χ1v) is 6.97. The van der Waals surface area contributed by atoms with Crippen molar-refractivity contribution < 1.29 is 9.84 Å². The van der Waals surface area contributed by atoms with E-state index in [2.05, 4.69) is 33.8 Å². The Hall–Kier alpha value is -0.340. The van der Waals surface area contributed by atoms with Crippen LogP contribution in [0.2, 0.25) is 0 Å². The summed E-state index contributed by atoms with van der Waals surface area (Å²) >= 11 is 0. The van der Waals surface area contributed by atoms with Crippen LogP contribution in [0.25, 0.3) is 0 Å². The summed E-state index contributed by atoms with van der Waals surface area (Å²) in [6.45, 7) is 9.93. The van der Waals surface area contributed by atoms with Crippen molar-refractivity contribution in [1.29, 1.82) is 0 Å². The predicted molar refractivity (Wildman–Crippen MR) is 69.7 cm³/mol. The van der Waals surface area contributed by atoms with Crippen molar-refractivity contribution in [3.63, 3.8) is 0 Å². The molecule has 1 aliphatic heterocycles. The minimum Gasteiger partial charge on any atom is -0.396 e. The summed E-state index contributed by atoms with van der Waals surface area (Å²) in [4.78, 5) is 0. The van der Waals surface area contributed by atoms with Gasteiger partial charge in [0.25, 0.3) is 0 Å². The van der Waals surface area contributed by atoms with Gasteiger partial charge in [-0.1, -0.05) is 38.8 Å². The number of aliphatic hydroxyl groups excluding tert-OH is 1. The molecule has 0 amide bonds. The van der Waals surface area contributed by atoms with Gasteiger partial charge in [-0.15, -0.1) is 0 Å². The zero-order valence-corrected chi connectivity index (χ0v) is 11.6. The average molecular weight is 238 g/mol. The second-order valence-electron chi connectivity index (χ2n) is 6.04. The van der Waals surface area contributed by atoms with Gasteiger partial charge in [-0.05, 0) is 25.2 Å². The van der Waals surface area contributed by atoms with Crippen LogP contribution in [0.3, 0.4) is 0 Å². The van der Waals surface area contributed by atoms with Crippen LogP contribution >= 0.6 is 0 Å². The Morgan fingerprint density at radius 3 is 2.76 bits per heavy atom. The van der Waals surface area contributed by atoms with Crippen LogP contribution < -0.4 is 0 Å². The van der Waals surface area contributed by atoms with Gasteiger partial charge in [0.15, 0.2) is 0 Å². The zero-order valence-electron chi connectivity index (χ0n) is 11.6. The molecule has 98 valence electrons. The molecule has 0 aromatic heterocycles. The van der Waals surface area contributed by atoms with E-state index in [4.69, 9.17) is 4.74 Å². The topological polar surface area (TPSA) is 29.5 Å². The van der Waals surface area contributed by atoms with Gasteiger partial charge >= 0.3 is 0 Å². The van der Waals surface area contributed by atoms with E-state index in [0.717, 1.165) is 13.0 Å². The number of aliphatic hydroxyl groups is 1. The van der Waals surface area contributed by atoms with Crippen LogP contribution in [-0.2, 0) is 4.74 Å². The second-order valence-corrected chi connectivity index (χ2v) is 6.04. The Morgan fingerprint density at radius 1 is 1.47 bits per heavy atom. The molecule has 2 heteroatoms. The van der Waals surface area contributed by atoms with Gasteiger partial charge in [-0.25, -0.2) is 0 Å². The molecule has 17 heavy (non-hydrogen) atoms. The third-order valence-corrected chi connectivity index (χ3v) is 5.23. The van der Waals surface area contributed by atoms with Crippen molar-refractivity contribution in [2.75, 3.05) is 13.2 Å². The minimum atomic E-state index is -0.0472. The van der Waals surface area contributed by atoms with E-state index in [0.29, 0.717) is 23.9 Å². The highest BCUT2D eigenvalue weighted by atomic mass is 16.5. The average Bonchev–Trinajstić information content (AvgIpc) is 2.28. The molecular formula is C15H26O2. The second kappa shape index (κ2) is 4.74. The molecule has 1 aliphatic carbocycles. The monoisotopic (exact) mass is 238 g/mol. The van der Waals surface area contributed by atoms with Crippen LogP contribution in [0.15, 0.2) is 11.6 Å². The Labute approximate surface area is 105 Å². The Bertz CT molecular complexity index is 310. The number of hydrogen-bond donors (Lipinski definition) is 1. The van der Waals surface area contributed by atoms with E-state index in [1.165, 1.54) is 12.0 Å². The normalized spacial score (nSPS) is 45.6. The van der Waals surface area contributed by atoms with Crippen molar-refractivity contribution in [3.8, 4) is 0 Å². The molecule has 1 heterocycles. The highest BCUT2D eigenvalue weighted by Crippen LogP contribution is 2.52. The van der Waals surface area contributed by atoms with Crippen LogP contribution in [0.5, 0.6) is 0 Å². The largest absolute Gasteiger partial charge is 0.396 e. The van der Waals surface area contributed by atoms with Crippen LogP contribution in [0, 0.1) is 23.2 Å². The van der Waals surface area contributed by atoms with E-state index in [1.807, 2.05) is 0 Å². The summed E-state index contributed by atoms with van der Waals surface area (Å²) < 4.78 is 6.09. The number of fused-ring (bicyclic) bond motifs is 2. The number of hydrogen-bond acceptors (Lipinski definition) is 2. The van der Waals surface area contributed by atoms with Gasteiger partial charge in [0, 0.05) is 11.3 Å². The van der Waals surface area contributed by atoms with E-state index in [1.54, 1.807) is 0 Å². The molecule has 0 spiro atoms. The zero-order chi connectivity index (χ0) is 12.6. The first kappa shape index (κ1) is 13.1. The van der Waals surface area contributed by atoms with Gasteiger partial charge in [0.1, 0.15) is 0 Å². The molecule has 0 aromatic carbocycles. The van der Waals surface area contributed by atoms with E-state index >= 15 is 0 Å². The van der Waals surface area contributed by atoms with Crippen LogP contribution in [0.1, 0.15) is 40.5 Å². The molecule has 2 bridgehead atoms. The van der Waals surface area contributed by atoms with Crippen LogP contribution in [0.4, 0.5) is 0 Å². The smallest absolute Gasteiger partial charge is 0.0643 e. The maximum Gasteiger partial charge on any atom is 0.0643 e. The maximum absolute atomic E-state index is 9.83. The number of rotatable bonds is 3. The third kappa shape index (κ3) is 1.86. The minimum absolute atomic E-state index is 0.0472. The highest BCUT2D eigenvalue weighted by Gasteiger charge is 2.52. The molecule has 1 saturated heterocycles. The highest BCUT2D eigenvalue weighted by molar-refractivity contribution is 5.20. The first-order chi connectivity index (χ1) is 8.06. The molecule has 2 nitrogen and oxygen atoms in total. The molecule has 2 aliphatic rings. The van der Waals surface area contributed by atoms with Gasteiger partial charge in [0.05, 0.1) is 19.3 Å².